The van der Waals surface area contributed by atoms with Crippen LogP contribution in [0.15, 0.2) is 24.3 Å². The topological polar surface area (TPSA) is 43.4 Å². The van der Waals surface area contributed by atoms with E-state index < -0.39 is 5.41 Å². The van der Waals surface area contributed by atoms with E-state index in [1.165, 1.54) is 5.56 Å². The number of ether oxygens (including phenoxy) is 1. The highest BCUT2D eigenvalue weighted by Gasteiger charge is 2.53. The normalized spacial score (nSPS) is 31.5. The van der Waals surface area contributed by atoms with Crippen LogP contribution in [-0.2, 0) is 19.7 Å². The molecule has 3 rings (SSSR count). The fourth-order valence-electron chi connectivity index (χ4n) is 3.07. The molecule has 2 unspecified atom stereocenters. The van der Waals surface area contributed by atoms with Gasteiger partial charge in [-0.3, -0.25) is 9.59 Å². The van der Waals surface area contributed by atoms with Gasteiger partial charge in [0.15, 0.2) is 0 Å². The van der Waals surface area contributed by atoms with E-state index in [1.54, 1.807) is 0 Å². The average Bonchev–Trinajstić information content (AvgIpc) is 2.61. The molecular weight excluding hydrogens is 216 g/mol. The maximum atomic E-state index is 12.0. The minimum absolute atomic E-state index is 0.204. The molecule has 17 heavy (non-hydrogen) atoms. The Bertz CT molecular complexity index is 506. The molecule has 0 bridgehead atoms. The van der Waals surface area contributed by atoms with Crippen molar-refractivity contribution in [2.75, 3.05) is 0 Å². The van der Waals surface area contributed by atoms with E-state index in [0.717, 1.165) is 18.4 Å². The van der Waals surface area contributed by atoms with Crippen molar-refractivity contribution >= 4 is 11.9 Å². The van der Waals surface area contributed by atoms with Gasteiger partial charge in [-0.05, 0) is 29.9 Å². The summed E-state index contributed by atoms with van der Waals surface area (Å²) in [5, 5.41) is 0. The lowest BCUT2D eigenvalue weighted by atomic mass is 9.66. The molecule has 1 fully saturated rings. The first-order chi connectivity index (χ1) is 8.13. The molecule has 1 aromatic rings. The fourth-order valence-corrected chi connectivity index (χ4v) is 3.07. The van der Waals surface area contributed by atoms with Gasteiger partial charge in [-0.15, -0.1) is 0 Å². The molecular formula is C14H14O3. The number of carbonyl (C=O) groups excluding carboxylic acids is 2. The average molecular weight is 230 g/mol. The van der Waals surface area contributed by atoms with Gasteiger partial charge in [0.05, 0.1) is 6.42 Å². The van der Waals surface area contributed by atoms with Crippen LogP contribution in [0.25, 0.3) is 0 Å². The van der Waals surface area contributed by atoms with Crippen molar-refractivity contribution in [2.24, 2.45) is 0 Å². The molecule has 88 valence electrons. The molecule has 1 saturated heterocycles. The minimum Gasteiger partial charge on any atom is -0.392 e. The Hall–Kier alpha value is -1.64. The number of esters is 2. The van der Waals surface area contributed by atoms with Gasteiger partial charge in [0.2, 0.25) is 0 Å². The largest absolute Gasteiger partial charge is 0.392 e. The zero-order valence-electron chi connectivity index (χ0n) is 9.73. The van der Waals surface area contributed by atoms with Gasteiger partial charge >= 0.3 is 11.9 Å². The molecule has 0 N–H and O–H groups in total. The maximum Gasteiger partial charge on any atom is 0.324 e. The van der Waals surface area contributed by atoms with Crippen LogP contribution in [0.3, 0.4) is 0 Å². The second kappa shape index (κ2) is 3.42. The fraction of sp³-hybridized carbons (Fsp3) is 0.429. The summed E-state index contributed by atoms with van der Waals surface area (Å²) in [5.41, 5.74) is 1.49. The van der Waals surface area contributed by atoms with Gasteiger partial charge in [-0.25, -0.2) is 0 Å². The number of carbonyl (C=O) groups is 2. The van der Waals surface area contributed by atoms with Crippen LogP contribution < -0.4 is 0 Å². The van der Waals surface area contributed by atoms with Gasteiger partial charge in [0.1, 0.15) is 5.41 Å². The smallest absolute Gasteiger partial charge is 0.324 e. The Kier molecular flexibility index (Phi) is 2.12. The summed E-state index contributed by atoms with van der Waals surface area (Å²) in [6, 6.07) is 7.92. The SMILES string of the molecule is CC1CCC2(CC(=O)OC2=O)c2ccccc21. The molecule has 1 heterocycles. The molecule has 1 aliphatic carbocycles. The lowest BCUT2D eigenvalue weighted by Crippen LogP contribution is -2.36. The summed E-state index contributed by atoms with van der Waals surface area (Å²) in [6.45, 7) is 2.16. The molecule has 0 saturated carbocycles. The zero-order chi connectivity index (χ0) is 12.0. The van der Waals surface area contributed by atoms with Crippen molar-refractivity contribution in [3.63, 3.8) is 0 Å². The summed E-state index contributed by atoms with van der Waals surface area (Å²) in [6.07, 6.45) is 1.85. The van der Waals surface area contributed by atoms with Crippen LogP contribution in [0.1, 0.15) is 43.2 Å². The maximum absolute atomic E-state index is 12.0. The Labute approximate surface area is 99.8 Å². The third-order valence-corrected chi connectivity index (χ3v) is 4.05. The van der Waals surface area contributed by atoms with Gasteiger partial charge in [-0.2, -0.15) is 0 Å². The highest BCUT2D eigenvalue weighted by molar-refractivity contribution is 6.01. The van der Waals surface area contributed by atoms with E-state index in [-0.39, 0.29) is 18.4 Å². The first-order valence-corrected chi connectivity index (χ1v) is 5.98. The molecule has 1 spiro atoms. The first-order valence-electron chi connectivity index (χ1n) is 5.98. The van der Waals surface area contributed by atoms with E-state index in [4.69, 9.17) is 4.74 Å². The molecule has 1 aliphatic heterocycles. The number of hydrogen-bond acceptors (Lipinski definition) is 3. The quantitative estimate of drug-likeness (QED) is 0.507. The molecule has 2 atom stereocenters. The summed E-state index contributed by atoms with van der Waals surface area (Å²) in [7, 11) is 0. The molecule has 0 aromatic heterocycles. The third kappa shape index (κ3) is 1.35. The summed E-state index contributed by atoms with van der Waals surface area (Å²) in [5.74, 6) is -0.304. The summed E-state index contributed by atoms with van der Waals surface area (Å²) < 4.78 is 4.77. The molecule has 3 nitrogen and oxygen atoms in total. The van der Waals surface area contributed by atoms with E-state index in [1.807, 2.05) is 18.2 Å². The number of benzene rings is 1. The van der Waals surface area contributed by atoms with Crippen LogP contribution in [0, 0.1) is 0 Å². The monoisotopic (exact) mass is 230 g/mol. The number of rotatable bonds is 0. The predicted molar refractivity (Wildman–Crippen MR) is 61.5 cm³/mol. The second-order valence-corrected chi connectivity index (χ2v) is 5.05. The molecule has 0 amide bonds. The summed E-state index contributed by atoms with van der Waals surface area (Å²) in [4.78, 5) is 23.4. The Morgan fingerprint density at radius 1 is 1.29 bits per heavy atom. The standard InChI is InChI=1S/C14H14O3/c1-9-6-7-14(8-12(15)17-13(14)16)11-5-3-2-4-10(9)11/h2-5,9H,6-8H2,1H3. The molecule has 1 aromatic carbocycles. The lowest BCUT2D eigenvalue weighted by molar-refractivity contribution is -0.153. The van der Waals surface area contributed by atoms with Crippen molar-refractivity contribution in [3.05, 3.63) is 35.4 Å². The molecule has 2 aliphatic rings. The number of cyclic esters (lactones) is 2. The Balaban J connectivity index is 2.18. The van der Waals surface area contributed by atoms with Crippen molar-refractivity contribution in [1.82, 2.24) is 0 Å². The highest BCUT2D eigenvalue weighted by atomic mass is 16.6. The summed E-state index contributed by atoms with van der Waals surface area (Å²) >= 11 is 0. The van der Waals surface area contributed by atoms with Crippen LogP contribution in [0.4, 0.5) is 0 Å². The van der Waals surface area contributed by atoms with E-state index in [2.05, 4.69) is 13.0 Å². The number of fused-ring (bicyclic) bond motifs is 2. The van der Waals surface area contributed by atoms with Crippen molar-refractivity contribution < 1.29 is 14.3 Å². The van der Waals surface area contributed by atoms with Crippen LogP contribution in [0.2, 0.25) is 0 Å². The second-order valence-electron chi connectivity index (χ2n) is 5.05. The van der Waals surface area contributed by atoms with Crippen LogP contribution in [-0.4, -0.2) is 11.9 Å². The van der Waals surface area contributed by atoms with Gasteiger partial charge < -0.3 is 4.74 Å². The third-order valence-electron chi connectivity index (χ3n) is 4.05. The Morgan fingerprint density at radius 3 is 2.76 bits per heavy atom. The van der Waals surface area contributed by atoms with Crippen LogP contribution >= 0.6 is 0 Å². The van der Waals surface area contributed by atoms with E-state index in [9.17, 15) is 9.59 Å². The van der Waals surface area contributed by atoms with E-state index >= 15 is 0 Å². The van der Waals surface area contributed by atoms with E-state index in [0.29, 0.717) is 5.92 Å². The van der Waals surface area contributed by atoms with Gasteiger partial charge in [-0.1, -0.05) is 31.2 Å². The van der Waals surface area contributed by atoms with Gasteiger partial charge in [0.25, 0.3) is 0 Å². The lowest BCUT2D eigenvalue weighted by Gasteiger charge is -2.34. The highest BCUT2D eigenvalue weighted by Crippen LogP contribution is 2.48. The van der Waals surface area contributed by atoms with Crippen molar-refractivity contribution in [2.45, 2.75) is 37.5 Å². The predicted octanol–water partition coefficient (Wildman–Crippen LogP) is 2.30. The first kappa shape index (κ1) is 10.5. The molecule has 3 heteroatoms. The van der Waals surface area contributed by atoms with Crippen molar-refractivity contribution in [3.8, 4) is 0 Å². The number of hydrogen-bond donors (Lipinski definition) is 0. The van der Waals surface area contributed by atoms with Crippen LogP contribution in [0.5, 0.6) is 0 Å². The van der Waals surface area contributed by atoms with Crippen molar-refractivity contribution in [1.29, 1.82) is 0 Å². The minimum atomic E-state index is -0.694. The Morgan fingerprint density at radius 2 is 2.06 bits per heavy atom. The zero-order valence-corrected chi connectivity index (χ0v) is 9.73. The molecule has 0 radical (unpaired) electrons. The van der Waals surface area contributed by atoms with Gasteiger partial charge in [0, 0.05) is 0 Å².